The molecule has 7 heteroatoms. The monoisotopic (exact) mass is 430 g/mol. The van der Waals surface area contributed by atoms with Gasteiger partial charge in [0.05, 0.1) is 0 Å². The summed E-state index contributed by atoms with van der Waals surface area (Å²) in [5.41, 5.74) is 6.05. The molecule has 0 unspecified atom stereocenters. The Labute approximate surface area is 145 Å². The largest absolute Gasteiger partial charge is 0.368 e. The number of nitrogens with one attached hydrogen (secondary N) is 1. The Morgan fingerprint density at radius 2 is 1.87 bits per heavy atom. The van der Waals surface area contributed by atoms with Crippen LogP contribution in [0.3, 0.4) is 0 Å². The van der Waals surface area contributed by atoms with Crippen LogP contribution in [0.25, 0.3) is 0 Å². The molecule has 2 amide bonds. The molecule has 0 aliphatic carbocycles. The van der Waals surface area contributed by atoms with Crippen molar-refractivity contribution in [2.24, 2.45) is 5.73 Å². The first kappa shape index (κ1) is 17.3. The van der Waals surface area contributed by atoms with Gasteiger partial charge in [-0.3, -0.25) is 9.59 Å². The van der Waals surface area contributed by atoms with E-state index in [0.717, 1.165) is 27.3 Å². The smallest absolute Gasteiger partial charge is 0.252 e. The molecule has 23 heavy (non-hydrogen) atoms. The lowest BCUT2D eigenvalue weighted by molar-refractivity contribution is -0.119. The molecule has 120 valence electrons. The Hall–Kier alpha value is -2.03. The van der Waals surface area contributed by atoms with Gasteiger partial charge in [0.1, 0.15) is 6.04 Å². The lowest BCUT2D eigenvalue weighted by Gasteiger charge is -2.16. The van der Waals surface area contributed by atoms with Gasteiger partial charge in [0, 0.05) is 15.6 Å². The fraction of sp³-hybridized carbons (Fsp3) is 0.125. The van der Waals surface area contributed by atoms with Gasteiger partial charge in [0.15, 0.2) is 11.6 Å². The van der Waals surface area contributed by atoms with Crippen LogP contribution in [0.5, 0.6) is 0 Å². The molecule has 2 rings (SSSR count). The molecule has 1 atom stereocenters. The maximum atomic E-state index is 13.2. The third kappa shape index (κ3) is 4.72. The number of amides is 2. The van der Waals surface area contributed by atoms with Crippen molar-refractivity contribution in [3.63, 3.8) is 0 Å². The zero-order valence-electron chi connectivity index (χ0n) is 11.9. The van der Waals surface area contributed by atoms with Gasteiger partial charge in [-0.15, -0.1) is 0 Å². The number of carbonyl (C=O) groups excluding carboxylic acids is 2. The van der Waals surface area contributed by atoms with Crippen molar-refractivity contribution in [1.82, 2.24) is 5.32 Å². The van der Waals surface area contributed by atoms with Gasteiger partial charge in [0.2, 0.25) is 5.91 Å². The van der Waals surface area contributed by atoms with Crippen LogP contribution in [0.15, 0.2) is 42.5 Å². The molecule has 0 fully saturated rings. The number of nitrogens with two attached hydrogens (primary N) is 1. The molecule has 0 spiro atoms. The van der Waals surface area contributed by atoms with Crippen LogP contribution in [0, 0.1) is 15.2 Å². The summed E-state index contributed by atoms with van der Waals surface area (Å²) in [5.74, 6) is -3.59. The normalized spacial score (nSPS) is 11.8. The second-order valence-electron chi connectivity index (χ2n) is 4.89. The summed E-state index contributed by atoms with van der Waals surface area (Å²) in [6, 6.07) is 9.19. The van der Waals surface area contributed by atoms with Gasteiger partial charge >= 0.3 is 0 Å². The number of benzene rings is 2. The van der Waals surface area contributed by atoms with Crippen LogP contribution in [-0.4, -0.2) is 17.9 Å². The van der Waals surface area contributed by atoms with Crippen molar-refractivity contribution < 1.29 is 18.4 Å². The van der Waals surface area contributed by atoms with E-state index in [1.807, 2.05) is 24.3 Å². The molecule has 0 aliphatic heterocycles. The van der Waals surface area contributed by atoms with Crippen LogP contribution in [0.1, 0.15) is 15.9 Å². The van der Waals surface area contributed by atoms with E-state index >= 15 is 0 Å². The molecule has 2 aromatic rings. The van der Waals surface area contributed by atoms with Gasteiger partial charge in [-0.25, -0.2) is 8.78 Å². The van der Waals surface area contributed by atoms with Crippen molar-refractivity contribution in [2.45, 2.75) is 12.5 Å². The van der Waals surface area contributed by atoms with E-state index in [0.29, 0.717) is 0 Å². The highest BCUT2D eigenvalue weighted by atomic mass is 127. The fourth-order valence-corrected chi connectivity index (χ4v) is 2.61. The van der Waals surface area contributed by atoms with Crippen LogP contribution in [0.2, 0.25) is 0 Å². The maximum absolute atomic E-state index is 13.2. The van der Waals surface area contributed by atoms with Crippen molar-refractivity contribution in [2.75, 3.05) is 0 Å². The highest BCUT2D eigenvalue weighted by Crippen LogP contribution is 2.12. The minimum Gasteiger partial charge on any atom is -0.368 e. The quantitative estimate of drug-likeness (QED) is 0.716. The van der Waals surface area contributed by atoms with E-state index in [1.165, 1.54) is 0 Å². The van der Waals surface area contributed by atoms with Gasteiger partial charge in [-0.2, -0.15) is 0 Å². The van der Waals surface area contributed by atoms with Crippen LogP contribution >= 0.6 is 22.6 Å². The summed E-state index contributed by atoms with van der Waals surface area (Å²) in [6.07, 6.45) is 0.210. The van der Waals surface area contributed by atoms with Crippen molar-refractivity contribution in [3.05, 3.63) is 68.8 Å². The lowest BCUT2D eigenvalue weighted by Crippen LogP contribution is -2.45. The number of halogens is 3. The molecular formula is C16H13F2IN2O2. The van der Waals surface area contributed by atoms with Gasteiger partial charge < -0.3 is 11.1 Å². The average Bonchev–Trinajstić information content (AvgIpc) is 2.49. The molecule has 2 aromatic carbocycles. The molecule has 0 radical (unpaired) electrons. The van der Waals surface area contributed by atoms with Crippen molar-refractivity contribution in [1.29, 1.82) is 0 Å². The second-order valence-corrected chi connectivity index (χ2v) is 6.14. The number of rotatable bonds is 5. The summed E-state index contributed by atoms with van der Waals surface area (Å²) in [5, 5.41) is 2.44. The molecular weight excluding hydrogens is 417 g/mol. The molecule has 0 saturated carbocycles. The Morgan fingerprint density at radius 3 is 2.48 bits per heavy atom. The van der Waals surface area contributed by atoms with Crippen LogP contribution in [0.4, 0.5) is 8.78 Å². The van der Waals surface area contributed by atoms with Gasteiger partial charge in [-0.1, -0.05) is 12.1 Å². The first-order valence-electron chi connectivity index (χ1n) is 6.66. The van der Waals surface area contributed by atoms with E-state index in [1.54, 1.807) is 0 Å². The molecule has 3 N–H and O–H groups in total. The molecule has 4 nitrogen and oxygen atoms in total. The molecule has 0 bridgehead atoms. The molecule has 0 aliphatic rings. The van der Waals surface area contributed by atoms with Crippen molar-refractivity contribution in [3.8, 4) is 0 Å². The minimum absolute atomic E-state index is 0.0854. The zero-order chi connectivity index (χ0) is 17.0. The average molecular weight is 430 g/mol. The summed E-state index contributed by atoms with van der Waals surface area (Å²) in [7, 11) is 0. The van der Waals surface area contributed by atoms with E-state index in [-0.39, 0.29) is 12.0 Å². The van der Waals surface area contributed by atoms with E-state index in [9.17, 15) is 18.4 Å². The number of carbonyl (C=O) groups is 2. The second kappa shape index (κ2) is 7.49. The maximum Gasteiger partial charge on any atom is 0.252 e. The van der Waals surface area contributed by atoms with Gasteiger partial charge in [-0.05, 0) is 58.5 Å². The Kier molecular flexibility index (Phi) is 5.64. The van der Waals surface area contributed by atoms with E-state index < -0.39 is 29.5 Å². The zero-order valence-corrected chi connectivity index (χ0v) is 14.0. The highest BCUT2D eigenvalue weighted by molar-refractivity contribution is 14.1. The first-order chi connectivity index (χ1) is 10.9. The highest BCUT2D eigenvalue weighted by Gasteiger charge is 2.20. The van der Waals surface area contributed by atoms with Crippen LogP contribution < -0.4 is 11.1 Å². The SMILES string of the molecule is NC(=O)[C@H](Cc1cccc(I)c1)NC(=O)c1ccc(F)c(F)c1. The van der Waals surface area contributed by atoms with Crippen LogP contribution in [-0.2, 0) is 11.2 Å². The molecule has 0 aromatic heterocycles. The Morgan fingerprint density at radius 1 is 1.13 bits per heavy atom. The number of primary amides is 1. The van der Waals surface area contributed by atoms with Gasteiger partial charge in [0.25, 0.3) is 5.91 Å². The Bertz CT molecular complexity index is 753. The lowest BCUT2D eigenvalue weighted by atomic mass is 10.0. The fourth-order valence-electron chi connectivity index (χ4n) is 2.00. The third-order valence-corrected chi connectivity index (χ3v) is 3.83. The van der Waals surface area contributed by atoms with Crippen molar-refractivity contribution >= 4 is 34.4 Å². The predicted molar refractivity (Wildman–Crippen MR) is 89.7 cm³/mol. The summed E-state index contributed by atoms with van der Waals surface area (Å²) < 4.78 is 27.1. The molecule has 0 saturated heterocycles. The predicted octanol–water partition coefficient (Wildman–Crippen LogP) is 2.40. The summed E-state index contributed by atoms with van der Waals surface area (Å²) in [4.78, 5) is 23.6. The topological polar surface area (TPSA) is 72.2 Å². The third-order valence-electron chi connectivity index (χ3n) is 3.16. The van der Waals surface area contributed by atoms with E-state index in [4.69, 9.17) is 5.73 Å². The number of hydrogen-bond donors (Lipinski definition) is 2. The van der Waals surface area contributed by atoms with E-state index in [2.05, 4.69) is 27.9 Å². The summed E-state index contributed by atoms with van der Waals surface area (Å²) >= 11 is 2.13. The standard InChI is InChI=1S/C16H13F2IN2O2/c17-12-5-4-10(8-13(12)18)16(23)21-14(15(20)22)7-9-2-1-3-11(19)6-9/h1-6,8,14H,7H2,(H2,20,22)(H,21,23)/t14-/m0/s1. The Balaban J connectivity index is 2.14. The summed E-state index contributed by atoms with van der Waals surface area (Å²) in [6.45, 7) is 0. The number of hydrogen-bond acceptors (Lipinski definition) is 2. The first-order valence-corrected chi connectivity index (χ1v) is 7.74. The molecule has 0 heterocycles. The minimum atomic E-state index is -1.13.